The van der Waals surface area contributed by atoms with E-state index in [2.05, 4.69) is 28.6 Å². The fraction of sp³-hybridized carbons (Fsp3) is 0. The molecule has 0 N–H and O–H groups in total. The molecule has 1 heterocycles. The maximum atomic E-state index is 11.5. The van der Waals surface area contributed by atoms with Gasteiger partial charge in [-0.3, -0.25) is 0 Å². The van der Waals surface area contributed by atoms with Gasteiger partial charge in [-0.2, -0.15) is 0 Å². The second-order valence-electron chi connectivity index (χ2n) is 4.40. The van der Waals surface area contributed by atoms with Crippen molar-refractivity contribution in [1.29, 1.82) is 0 Å². The lowest BCUT2D eigenvalue weighted by molar-refractivity contribution is 0.592. The topological polar surface area (TPSA) is 36.0 Å². The number of hydrogen-bond donors (Lipinski definition) is 0. The monoisotopic (exact) mass is 251 g/mol. The summed E-state index contributed by atoms with van der Waals surface area (Å²) in [6.07, 6.45) is 0. The number of hydrogen-bond acceptors (Lipinski definition) is 2. The minimum absolute atomic E-state index is 0.830. The van der Waals surface area contributed by atoms with E-state index in [1.807, 2.05) is 24.3 Å². The van der Waals surface area contributed by atoms with Crippen LogP contribution in [-0.4, -0.2) is 8.93 Å². The molecule has 1 unspecified atom stereocenters. The van der Waals surface area contributed by atoms with Crippen LogP contribution in [0.2, 0.25) is 0 Å². The van der Waals surface area contributed by atoms with Crippen LogP contribution in [0.5, 0.6) is 0 Å². The zero-order chi connectivity index (χ0) is 12.1. The molecule has 0 saturated carbocycles. The maximum Gasteiger partial charge on any atom is 0.172 e. The Morgan fingerprint density at radius 1 is 0.833 bits per heavy atom. The van der Waals surface area contributed by atoms with E-state index in [0.29, 0.717) is 0 Å². The van der Waals surface area contributed by atoms with Gasteiger partial charge in [0, 0.05) is 0 Å². The Morgan fingerprint density at radius 3 is 2.44 bits per heavy atom. The molecule has 0 aliphatic carbocycles. The Labute approximate surface area is 106 Å². The van der Waals surface area contributed by atoms with Crippen LogP contribution >= 0.6 is 10.9 Å². The highest BCUT2D eigenvalue weighted by Crippen LogP contribution is 2.31. The summed E-state index contributed by atoms with van der Waals surface area (Å²) in [6.45, 7) is 0. The lowest BCUT2D eigenvalue weighted by Gasteiger charge is -2.02. The Morgan fingerprint density at radius 2 is 1.61 bits per heavy atom. The third-order valence-electron chi connectivity index (χ3n) is 3.31. The van der Waals surface area contributed by atoms with Crippen molar-refractivity contribution in [2.75, 3.05) is 0 Å². The minimum Gasteiger partial charge on any atom is -0.569 e. The average Bonchev–Trinajstić information content (AvgIpc) is 2.77. The third kappa shape index (κ3) is 1.35. The average molecular weight is 251 g/mol. The summed E-state index contributed by atoms with van der Waals surface area (Å²) >= 11 is 0. The molecule has 0 aliphatic rings. The van der Waals surface area contributed by atoms with Crippen molar-refractivity contribution in [3.8, 4) is 0 Å². The second kappa shape index (κ2) is 3.51. The van der Waals surface area contributed by atoms with Crippen molar-refractivity contribution >= 4 is 43.4 Å². The van der Waals surface area contributed by atoms with Crippen LogP contribution in [0.15, 0.2) is 53.9 Å². The molecule has 0 bridgehead atoms. The van der Waals surface area contributed by atoms with Gasteiger partial charge in [-0.15, -0.1) is 0 Å². The predicted molar refractivity (Wildman–Crippen MR) is 75.4 cm³/mol. The smallest absolute Gasteiger partial charge is 0.172 e. The van der Waals surface area contributed by atoms with Gasteiger partial charge in [0.25, 0.3) is 0 Å². The molecule has 0 fully saturated rings. The van der Waals surface area contributed by atoms with Crippen LogP contribution in [0.4, 0.5) is 0 Å². The lowest BCUT2D eigenvalue weighted by Crippen LogP contribution is -1.77. The van der Waals surface area contributed by atoms with E-state index in [4.69, 9.17) is 0 Å². The summed E-state index contributed by atoms with van der Waals surface area (Å²) in [5, 5.41) is 7.44. The molecule has 86 valence electrons. The van der Waals surface area contributed by atoms with E-state index in [0.717, 1.165) is 21.7 Å². The zero-order valence-corrected chi connectivity index (χ0v) is 10.3. The zero-order valence-electron chi connectivity index (χ0n) is 9.46. The third-order valence-corrected chi connectivity index (χ3v) is 4.13. The van der Waals surface area contributed by atoms with Gasteiger partial charge >= 0.3 is 0 Å². The first-order valence-corrected chi connectivity index (χ1v) is 6.91. The van der Waals surface area contributed by atoms with Crippen molar-refractivity contribution in [3.05, 3.63) is 53.9 Å². The van der Waals surface area contributed by atoms with Gasteiger partial charge in [-0.1, -0.05) is 30.3 Å². The van der Waals surface area contributed by atoms with E-state index < -0.39 is 10.9 Å². The molecule has 4 aromatic rings. The van der Waals surface area contributed by atoms with Gasteiger partial charge in [-0.05, 0) is 44.1 Å². The molecular weight excluding hydrogens is 242 g/mol. The van der Waals surface area contributed by atoms with Crippen LogP contribution in [0.3, 0.4) is 0 Å². The summed E-state index contributed by atoms with van der Waals surface area (Å²) in [4.78, 5) is 0. The molecule has 18 heavy (non-hydrogen) atoms. The first-order chi connectivity index (χ1) is 8.81. The SMILES string of the molecule is [O-][s+]1cc2c(ccc3cc4ccccc4cc32)n1. The largest absolute Gasteiger partial charge is 0.569 e. The molecule has 3 aromatic carbocycles. The standard InChI is InChI=1S/C15H9NOS/c17-18-9-14-13-8-11-4-2-1-3-10(11)7-12(13)5-6-15(14)16-18/h1-9H. The minimum atomic E-state index is -1.21. The fourth-order valence-electron chi connectivity index (χ4n) is 2.45. The molecule has 0 aliphatic heterocycles. The van der Waals surface area contributed by atoms with E-state index in [1.165, 1.54) is 10.8 Å². The number of nitrogens with zero attached hydrogens (tertiary/aromatic N) is 1. The highest BCUT2D eigenvalue weighted by molar-refractivity contribution is 7.19. The van der Waals surface area contributed by atoms with Crippen LogP contribution in [0.25, 0.3) is 32.4 Å². The quantitative estimate of drug-likeness (QED) is 0.345. The Kier molecular flexibility index (Phi) is 1.95. The van der Waals surface area contributed by atoms with Crippen molar-refractivity contribution < 1.29 is 4.55 Å². The number of fused-ring (bicyclic) bond motifs is 4. The van der Waals surface area contributed by atoms with Gasteiger partial charge in [-0.25, -0.2) is 0 Å². The van der Waals surface area contributed by atoms with E-state index in [9.17, 15) is 4.55 Å². The Bertz CT molecular complexity index is 895. The summed E-state index contributed by atoms with van der Waals surface area (Å²) in [5.74, 6) is 0. The fourth-order valence-corrected chi connectivity index (χ4v) is 3.31. The molecule has 0 amide bonds. The van der Waals surface area contributed by atoms with E-state index in [-0.39, 0.29) is 0 Å². The molecule has 1 aromatic heterocycles. The summed E-state index contributed by atoms with van der Waals surface area (Å²) in [6, 6.07) is 16.6. The van der Waals surface area contributed by atoms with Crippen LogP contribution in [0.1, 0.15) is 0 Å². The van der Waals surface area contributed by atoms with Crippen molar-refractivity contribution in [1.82, 2.24) is 4.37 Å². The van der Waals surface area contributed by atoms with Gasteiger partial charge in [0.15, 0.2) is 5.38 Å². The number of rotatable bonds is 0. The molecule has 0 spiro atoms. The highest BCUT2D eigenvalue weighted by atomic mass is 32.2. The lowest BCUT2D eigenvalue weighted by atomic mass is 10.0. The number of benzene rings is 3. The molecule has 1 atom stereocenters. The van der Waals surface area contributed by atoms with Gasteiger partial charge in [0.2, 0.25) is 0 Å². The normalized spacial score (nSPS) is 12.6. The molecule has 4 rings (SSSR count). The van der Waals surface area contributed by atoms with Gasteiger partial charge < -0.3 is 4.55 Å². The van der Waals surface area contributed by atoms with Crippen LogP contribution < -0.4 is 0 Å². The van der Waals surface area contributed by atoms with E-state index >= 15 is 0 Å². The Hall–Kier alpha value is -1.97. The van der Waals surface area contributed by atoms with Gasteiger partial charge in [0.05, 0.1) is 16.3 Å². The molecule has 0 saturated heterocycles. The summed E-state index contributed by atoms with van der Waals surface area (Å²) in [5.41, 5.74) is 0.830. The van der Waals surface area contributed by atoms with Crippen molar-refractivity contribution in [3.63, 3.8) is 0 Å². The molecule has 0 radical (unpaired) electrons. The molecular formula is C15H9NOS. The first-order valence-electron chi connectivity index (χ1n) is 5.74. The highest BCUT2D eigenvalue weighted by Gasteiger charge is 2.09. The Balaban J connectivity index is 2.26. The number of aromatic nitrogens is 1. The van der Waals surface area contributed by atoms with Crippen molar-refractivity contribution in [2.24, 2.45) is 0 Å². The van der Waals surface area contributed by atoms with Crippen LogP contribution in [0, 0.1) is 0 Å². The summed E-state index contributed by atoms with van der Waals surface area (Å²) < 4.78 is 15.6. The van der Waals surface area contributed by atoms with Crippen molar-refractivity contribution in [2.45, 2.75) is 0 Å². The second-order valence-corrected chi connectivity index (χ2v) is 5.37. The molecule has 3 heteroatoms. The molecule has 2 nitrogen and oxygen atoms in total. The first kappa shape index (κ1) is 10.00. The summed E-state index contributed by atoms with van der Waals surface area (Å²) in [7, 11) is -1.21. The predicted octanol–water partition coefficient (Wildman–Crippen LogP) is 4.27. The maximum absolute atomic E-state index is 11.5. The van der Waals surface area contributed by atoms with E-state index in [1.54, 1.807) is 5.38 Å². The van der Waals surface area contributed by atoms with Crippen LogP contribution in [-0.2, 0) is 0 Å². The van der Waals surface area contributed by atoms with Gasteiger partial charge in [0.1, 0.15) is 5.52 Å².